The van der Waals surface area contributed by atoms with Crippen LogP contribution in [0.5, 0.6) is 0 Å². The predicted octanol–water partition coefficient (Wildman–Crippen LogP) is 2.73. The van der Waals surface area contributed by atoms with Crippen molar-refractivity contribution in [2.45, 2.75) is 12.4 Å². The number of alkyl halides is 1. The molecule has 5 nitrogen and oxygen atoms in total. The van der Waals surface area contributed by atoms with E-state index in [0.29, 0.717) is 12.4 Å². The van der Waals surface area contributed by atoms with Crippen LogP contribution in [0.2, 0.25) is 0 Å². The molecule has 0 saturated heterocycles. The van der Waals surface area contributed by atoms with E-state index in [2.05, 4.69) is 30.9 Å². The Hall–Kier alpha value is -1.18. The molecule has 0 aliphatic carbocycles. The summed E-state index contributed by atoms with van der Waals surface area (Å²) in [5.41, 5.74) is 2.36. The highest BCUT2D eigenvalue weighted by molar-refractivity contribution is 9.10. The summed E-state index contributed by atoms with van der Waals surface area (Å²) >= 11 is 10.4. The normalized spacial score (nSPS) is 11.3. The smallest absolute Gasteiger partial charge is 0.304 e. The zero-order valence-corrected chi connectivity index (χ0v) is 12.7. The number of hydrogen-bond donors (Lipinski definition) is 1. The van der Waals surface area contributed by atoms with Gasteiger partial charge in [-0.15, -0.1) is 11.6 Å². The van der Waals surface area contributed by atoms with Crippen molar-refractivity contribution in [1.82, 2.24) is 19.5 Å². The van der Waals surface area contributed by atoms with Crippen LogP contribution < -0.4 is 4.87 Å². The molecule has 19 heavy (non-hydrogen) atoms. The van der Waals surface area contributed by atoms with Crippen molar-refractivity contribution >= 4 is 50.0 Å². The lowest BCUT2D eigenvalue weighted by Crippen LogP contribution is -2.06. The van der Waals surface area contributed by atoms with Gasteiger partial charge in [0, 0.05) is 21.7 Å². The van der Waals surface area contributed by atoms with Gasteiger partial charge in [0.15, 0.2) is 5.65 Å². The lowest BCUT2D eigenvalue weighted by atomic mass is 10.4. The predicted molar refractivity (Wildman–Crippen MR) is 78.8 cm³/mol. The summed E-state index contributed by atoms with van der Waals surface area (Å²) in [6.45, 7) is 0.506. The van der Waals surface area contributed by atoms with Crippen molar-refractivity contribution in [2.24, 2.45) is 0 Å². The van der Waals surface area contributed by atoms with Crippen LogP contribution in [0.4, 0.5) is 0 Å². The Morgan fingerprint density at radius 3 is 3.05 bits per heavy atom. The van der Waals surface area contributed by atoms with Gasteiger partial charge in [0.25, 0.3) is 0 Å². The third-order valence-electron chi connectivity index (χ3n) is 2.65. The molecule has 3 rings (SSSR count). The monoisotopic (exact) mass is 358 g/mol. The van der Waals surface area contributed by atoms with Crippen LogP contribution in [0, 0.1) is 0 Å². The van der Waals surface area contributed by atoms with E-state index in [9.17, 15) is 4.79 Å². The average Bonchev–Trinajstić information content (AvgIpc) is 2.94. The highest BCUT2D eigenvalue weighted by Crippen LogP contribution is 2.20. The molecule has 0 radical (unpaired) electrons. The van der Waals surface area contributed by atoms with Crippen molar-refractivity contribution in [3.63, 3.8) is 0 Å². The average molecular weight is 360 g/mol. The second-order valence-corrected chi connectivity index (χ2v) is 5.94. The van der Waals surface area contributed by atoms with E-state index in [1.54, 1.807) is 11.6 Å². The maximum Gasteiger partial charge on any atom is 0.304 e. The van der Waals surface area contributed by atoms with Crippen molar-refractivity contribution in [3.05, 3.63) is 43.3 Å². The number of nitrogens with one attached hydrogen (secondary N) is 1. The van der Waals surface area contributed by atoms with Crippen LogP contribution in [0.1, 0.15) is 11.5 Å². The summed E-state index contributed by atoms with van der Waals surface area (Å²) in [6, 6.07) is 1.89. The number of aromatic nitrogens is 4. The lowest BCUT2D eigenvalue weighted by Gasteiger charge is -2.04. The lowest BCUT2D eigenvalue weighted by molar-refractivity contribution is 0.753. The first kappa shape index (κ1) is 12.8. The number of halogens is 2. The molecule has 0 aliphatic heterocycles. The van der Waals surface area contributed by atoms with Gasteiger partial charge >= 0.3 is 4.87 Å². The first-order valence-corrected chi connectivity index (χ1v) is 7.61. The Labute approximate surface area is 125 Å². The summed E-state index contributed by atoms with van der Waals surface area (Å²) in [7, 11) is 0. The van der Waals surface area contributed by atoms with Crippen LogP contribution in [0.15, 0.2) is 26.9 Å². The highest BCUT2D eigenvalue weighted by Gasteiger charge is 2.12. The Bertz CT molecular complexity index is 793. The number of rotatable bonds is 3. The fraction of sp³-hybridized carbons (Fsp3) is 0.182. The minimum atomic E-state index is -0.0671. The molecule has 0 fully saturated rings. The molecule has 3 heterocycles. The molecule has 0 aliphatic rings. The van der Waals surface area contributed by atoms with Crippen molar-refractivity contribution in [1.29, 1.82) is 0 Å². The maximum atomic E-state index is 11.2. The molecular weight excluding hydrogens is 352 g/mol. The number of nitrogens with zero attached hydrogens (tertiary/aromatic N) is 3. The van der Waals surface area contributed by atoms with Gasteiger partial charge in [0.05, 0.1) is 12.4 Å². The zero-order chi connectivity index (χ0) is 13.4. The number of fused-ring (bicyclic) bond motifs is 1. The van der Waals surface area contributed by atoms with E-state index in [0.717, 1.165) is 38.5 Å². The number of thiazole rings is 1. The second-order valence-electron chi connectivity index (χ2n) is 3.92. The van der Waals surface area contributed by atoms with Gasteiger partial charge in [-0.1, -0.05) is 11.3 Å². The molecule has 0 bridgehead atoms. The summed E-state index contributed by atoms with van der Waals surface area (Å²) in [5, 5.41) is 1.80. The molecule has 0 atom stereocenters. The van der Waals surface area contributed by atoms with Gasteiger partial charge in [-0.3, -0.25) is 4.79 Å². The molecular formula is C11H8BrClN4OS. The van der Waals surface area contributed by atoms with E-state index in [4.69, 9.17) is 11.6 Å². The van der Waals surface area contributed by atoms with Crippen LogP contribution in [-0.4, -0.2) is 19.5 Å². The Balaban J connectivity index is 2.12. The first-order valence-electron chi connectivity index (χ1n) is 5.40. The van der Waals surface area contributed by atoms with Gasteiger partial charge in [-0.25, -0.2) is 9.97 Å². The maximum absolute atomic E-state index is 11.2. The minimum Gasteiger partial charge on any atom is -0.315 e. The third-order valence-corrected chi connectivity index (χ3v) is 4.04. The zero-order valence-electron chi connectivity index (χ0n) is 9.56. The van der Waals surface area contributed by atoms with Crippen molar-refractivity contribution in [2.75, 3.05) is 0 Å². The van der Waals surface area contributed by atoms with E-state index in [-0.39, 0.29) is 4.87 Å². The SMILES string of the molecule is O=c1[nH]c(Cn2c(CCl)nc3cc(Br)cnc32)cs1. The molecule has 98 valence electrons. The quantitative estimate of drug-likeness (QED) is 0.731. The molecule has 1 N–H and O–H groups in total. The third kappa shape index (κ3) is 2.45. The molecule has 3 aromatic heterocycles. The van der Waals surface area contributed by atoms with E-state index < -0.39 is 0 Å². The Morgan fingerprint density at radius 1 is 1.53 bits per heavy atom. The molecule has 0 saturated carbocycles. The fourth-order valence-electron chi connectivity index (χ4n) is 1.86. The molecule has 8 heteroatoms. The summed E-state index contributed by atoms with van der Waals surface area (Å²) in [4.78, 5) is 22.7. The number of H-pyrrole nitrogens is 1. The second kappa shape index (κ2) is 5.07. The van der Waals surface area contributed by atoms with Crippen molar-refractivity contribution < 1.29 is 0 Å². The molecule has 0 spiro atoms. The number of hydrogen-bond acceptors (Lipinski definition) is 4. The Kier molecular flexibility index (Phi) is 3.42. The summed E-state index contributed by atoms with van der Waals surface area (Å²) in [6.07, 6.45) is 1.72. The molecule has 0 unspecified atom stereocenters. The molecule has 0 amide bonds. The number of imidazole rings is 1. The van der Waals surface area contributed by atoms with Gasteiger partial charge in [0.1, 0.15) is 11.3 Å². The van der Waals surface area contributed by atoms with E-state index >= 15 is 0 Å². The highest BCUT2D eigenvalue weighted by atomic mass is 79.9. The van der Waals surface area contributed by atoms with Gasteiger partial charge in [-0.2, -0.15) is 0 Å². The standard InChI is InChI=1S/C11H8BrClN4OS/c12-6-1-8-10(14-3-6)17(9(2-13)16-8)4-7-5-19-11(18)15-7/h1,3,5H,2,4H2,(H,15,18). The largest absolute Gasteiger partial charge is 0.315 e. The van der Waals surface area contributed by atoms with E-state index in [1.165, 1.54) is 0 Å². The van der Waals surface area contributed by atoms with Gasteiger partial charge in [-0.05, 0) is 22.0 Å². The Morgan fingerprint density at radius 2 is 2.37 bits per heavy atom. The van der Waals surface area contributed by atoms with Gasteiger partial charge < -0.3 is 9.55 Å². The van der Waals surface area contributed by atoms with E-state index in [1.807, 2.05) is 10.6 Å². The molecule has 0 aromatic carbocycles. The van der Waals surface area contributed by atoms with Crippen LogP contribution in [0.25, 0.3) is 11.2 Å². The number of aromatic amines is 1. The minimum absolute atomic E-state index is 0.0671. The number of pyridine rings is 1. The van der Waals surface area contributed by atoms with Crippen LogP contribution in [0.3, 0.4) is 0 Å². The summed E-state index contributed by atoms with van der Waals surface area (Å²) < 4.78 is 2.78. The van der Waals surface area contributed by atoms with Crippen molar-refractivity contribution in [3.8, 4) is 0 Å². The summed E-state index contributed by atoms with van der Waals surface area (Å²) in [5.74, 6) is 1.02. The van der Waals surface area contributed by atoms with Crippen LogP contribution in [-0.2, 0) is 12.4 Å². The van der Waals surface area contributed by atoms with Gasteiger partial charge in [0.2, 0.25) is 0 Å². The fourth-order valence-corrected chi connectivity index (χ4v) is 2.96. The topological polar surface area (TPSA) is 63.6 Å². The van der Waals surface area contributed by atoms with Crippen LogP contribution >= 0.6 is 38.9 Å². The first-order chi connectivity index (χ1) is 9.17. The molecule has 3 aromatic rings.